The summed E-state index contributed by atoms with van der Waals surface area (Å²) in [5, 5.41) is 2.94. The number of benzene rings is 1. The molecule has 0 saturated heterocycles. The summed E-state index contributed by atoms with van der Waals surface area (Å²) in [6, 6.07) is 7.53. The third-order valence-electron chi connectivity index (χ3n) is 3.77. The van der Waals surface area contributed by atoms with Crippen molar-refractivity contribution in [2.75, 3.05) is 6.61 Å². The molecule has 1 aliphatic carbocycles. The lowest BCUT2D eigenvalue weighted by molar-refractivity contribution is -0.136. The average Bonchev–Trinajstić information content (AvgIpc) is 3.28. The van der Waals surface area contributed by atoms with E-state index in [9.17, 15) is 9.59 Å². The molecule has 0 radical (unpaired) electrons. The van der Waals surface area contributed by atoms with Crippen LogP contribution in [0, 0.1) is 0 Å². The molecule has 1 fully saturated rings. The van der Waals surface area contributed by atoms with Crippen LogP contribution in [0.1, 0.15) is 50.9 Å². The molecule has 0 unspecified atom stereocenters. The number of nitrogens with zero attached hydrogens (tertiary/aromatic N) is 1. The Morgan fingerprint density at radius 3 is 2.43 bits per heavy atom. The first-order valence-corrected chi connectivity index (χ1v) is 8.23. The van der Waals surface area contributed by atoms with Gasteiger partial charge in [0.15, 0.2) is 6.61 Å². The molecule has 5 nitrogen and oxygen atoms in total. The van der Waals surface area contributed by atoms with Gasteiger partial charge < -0.3 is 15.0 Å². The number of rotatable bonds is 7. The molecule has 126 valence electrons. The van der Waals surface area contributed by atoms with E-state index < -0.39 is 0 Å². The standard InChI is InChI=1S/C18H26N2O3/c1-12(2)20(13(3)4)17(21)11-23-16-7-5-6-14(10-16)18(22)19-15-8-9-15/h5-7,10,12-13,15H,8-9,11H2,1-4H3,(H,19,22). The zero-order valence-electron chi connectivity index (χ0n) is 14.3. The van der Waals surface area contributed by atoms with Crippen LogP contribution in [0.15, 0.2) is 24.3 Å². The van der Waals surface area contributed by atoms with Crippen LogP contribution >= 0.6 is 0 Å². The van der Waals surface area contributed by atoms with Gasteiger partial charge in [0.05, 0.1) is 0 Å². The molecule has 0 spiro atoms. The topological polar surface area (TPSA) is 58.6 Å². The van der Waals surface area contributed by atoms with Crippen LogP contribution in [0.2, 0.25) is 0 Å². The number of carbonyl (C=O) groups is 2. The van der Waals surface area contributed by atoms with Crippen molar-refractivity contribution in [1.82, 2.24) is 10.2 Å². The molecule has 1 aromatic rings. The summed E-state index contributed by atoms with van der Waals surface area (Å²) in [5.41, 5.74) is 0.562. The normalized spacial score (nSPS) is 14.0. The van der Waals surface area contributed by atoms with Crippen molar-refractivity contribution in [2.45, 2.75) is 58.7 Å². The van der Waals surface area contributed by atoms with Crippen molar-refractivity contribution in [1.29, 1.82) is 0 Å². The molecule has 0 atom stereocenters. The van der Waals surface area contributed by atoms with Gasteiger partial charge in [-0.25, -0.2) is 0 Å². The van der Waals surface area contributed by atoms with Gasteiger partial charge >= 0.3 is 0 Å². The van der Waals surface area contributed by atoms with E-state index in [2.05, 4.69) is 5.32 Å². The second kappa shape index (κ2) is 7.49. The van der Waals surface area contributed by atoms with Crippen LogP contribution in [0.5, 0.6) is 5.75 Å². The zero-order chi connectivity index (χ0) is 17.0. The molecule has 0 aromatic heterocycles. The maximum absolute atomic E-state index is 12.3. The summed E-state index contributed by atoms with van der Waals surface area (Å²) in [6.45, 7) is 7.92. The second-order valence-electron chi connectivity index (χ2n) is 6.55. The van der Waals surface area contributed by atoms with E-state index in [1.807, 2.05) is 27.7 Å². The minimum absolute atomic E-state index is 0.0238. The smallest absolute Gasteiger partial charge is 0.260 e. The van der Waals surface area contributed by atoms with Gasteiger partial charge in [-0.15, -0.1) is 0 Å². The minimum Gasteiger partial charge on any atom is -0.484 e. The van der Waals surface area contributed by atoms with E-state index in [1.165, 1.54) is 0 Å². The Morgan fingerprint density at radius 2 is 1.87 bits per heavy atom. The van der Waals surface area contributed by atoms with Crippen molar-refractivity contribution in [2.24, 2.45) is 0 Å². The minimum atomic E-state index is -0.0877. The second-order valence-corrected chi connectivity index (χ2v) is 6.55. The molecular weight excluding hydrogens is 292 g/mol. The molecular formula is C18H26N2O3. The van der Waals surface area contributed by atoms with Crippen molar-refractivity contribution in [3.8, 4) is 5.75 Å². The van der Waals surface area contributed by atoms with Gasteiger partial charge in [0, 0.05) is 23.7 Å². The highest BCUT2D eigenvalue weighted by Crippen LogP contribution is 2.20. The van der Waals surface area contributed by atoms with E-state index in [0.29, 0.717) is 17.4 Å². The highest BCUT2D eigenvalue weighted by molar-refractivity contribution is 5.95. The predicted octanol–water partition coefficient (Wildman–Crippen LogP) is 2.60. The zero-order valence-corrected chi connectivity index (χ0v) is 14.3. The van der Waals surface area contributed by atoms with Gasteiger partial charge in [-0.05, 0) is 58.7 Å². The van der Waals surface area contributed by atoms with E-state index in [4.69, 9.17) is 4.74 Å². The van der Waals surface area contributed by atoms with Crippen LogP contribution in [0.4, 0.5) is 0 Å². The van der Waals surface area contributed by atoms with Gasteiger partial charge in [0.2, 0.25) is 0 Å². The average molecular weight is 318 g/mol. The fourth-order valence-corrected chi connectivity index (χ4v) is 2.62. The van der Waals surface area contributed by atoms with Crippen LogP contribution in [-0.4, -0.2) is 41.4 Å². The maximum atomic E-state index is 12.3. The van der Waals surface area contributed by atoms with Crippen LogP contribution in [-0.2, 0) is 4.79 Å². The van der Waals surface area contributed by atoms with E-state index >= 15 is 0 Å². The van der Waals surface area contributed by atoms with Crippen molar-refractivity contribution < 1.29 is 14.3 Å². The summed E-state index contributed by atoms with van der Waals surface area (Å²) >= 11 is 0. The molecule has 1 aliphatic rings. The van der Waals surface area contributed by atoms with Gasteiger partial charge in [-0.2, -0.15) is 0 Å². The SMILES string of the molecule is CC(C)N(C(=O)COc1cccc(C(=O)NC2CC2)c1)C(C)C. The first-order chi connectivity index (χ1) is 10.9. The van der Waals surface area contributed by atoms with Crippen molar-refractivity contribution >= 4 is 11.8 Å². The lowest BCUT2D eigenvalue weighted by Gasteiger charge is -2.30. The van der Waals surface area contributed by atoms with Crippen molar-refractivity contribution in [3.63, 3.8) is 0 Å². The molecule has 1 N–H and O–H groups in total. The third-order valence-corrected chi connectivity index (χ3v) is 3.77. The monoisotopic (exact) mass is 318 g/mol. The summed E-state index contributed by atoms with van der Waals surface area (Å²) in [5.74, 6) is 0.396. The van der Waals surface area contributed by atoms with Crippen LogP contribution < -0.4 is 10.1 Å². The fraction of sp³-hybridized carbons (Fsp3) is 0.556. The first kappa shape index (κ1) is 17.3. The number of hydrogen-bond donors (Lipinski definition) is 1. The highest BCUT2D eigenvalue weighted by Gasteiger charge is 2.24. The molecule has 2 rings (SSSR count). The number of ether oxygens (including phenoxy) is 1. The molecule has 1 aromatic carbocycles. The summed E-state index contributed by atoms with van der Waals surface area (Å²) in [7, 11) is 0. The van der Waals surface area contributed by atoms with Gasteiger partial charge in [0.25, 0.3) is 11.8 Å². The summed E-state index contributed by atoms with van der Waals surface area (Å²) < 4.78 is 5.59. The van der Waals surface area contributed by atoms with Gasteiger partial charge in [0.1, 0.15) is 5.75 Å². The van der Waals surface area contributed by atoms with Crippen LogP contribution in [0.3, 0.4) is 0 Å². The quantitative estimate of drug-likeness (QED) is 0.841. The fourth-order valence-electron chi connectivity index (χ4n) is 2.62. The van der Waals surface area contributed by atoms with Crippen LogP contribution in [0.25, 0.3) is 0 Å². The lowest BCUT2D eigenvalue weighted by Crippen LogP contribution is -2.44. The summed E-state index contributed by atoms with van der Waals surface area (Å²) in [6.07, 6.45) is 2.10. The molecule has 0 bridgehead atoms. The number of hydrogen-bond acceptors (Lipinski definition) is 3. The molecule has 23 heavy (non-hydrogen) atoms. The van der Waals surface area contributed by atoms with Crippen molar-refractivity contribution in [3.05, 3.63) is 29.8 Å². The number of amides is 2. The number of carbonyl (C=O) groups excluding carboxylic acids is 2. The maximum Gasteiger partial charge on any atom is 0.260 e. The Morgan fingerprint density at radius 1 is 1.22 bits per heavy atom. The Labute approximate surface area is 138 Å². The van der Waals surface area contributed by atoms with E-state index in [0.717, 1.165) is 12.8 Å². The largest absolute Gasteiger partial charge is 0.484 e. The molecule has 2 amide bonds. The molecule has 0 heterocycles. The molecule has 5 heteroatoms. The molecule has 0 aliphatic heterocycles. The Balaban J connectivity index is 1.94. The van der Waals surface area contributed by atoms with Gasteiger partial charge in [-0.1, -0.05) is 6.07 Å². The Kier molecular flexibility index (Phi) is 5.64. The summed E-state index contributed by atoms with van der Waals surface area (Å²) in [4.78, 5) is 26.1. The first-order valence-electron chi connectivity index (χ1n) is 8.23. The third kappa shape index (κ3) is 4.98. The van der Waals surface area contributed by atoms with Gasteiger partial charge in [-0.3, -0.25) is 9.59 Å². The molecule has 1 saturated carbocycles. The lowest BCUT2D eigenvalue weighted by atomic mass is 10.2. The predicted molar refractivity (Wildman–Crippen MR) is 89.5 cm³/mol. The van der Waals surface area contributed by atoms with E-state index in [-0.39, 0.29) is 30.5 Å². The number of nitrogens with one attached hydrogen (secondary N) is 1. The highest BCUT2D eigenvalue weighted by atomic mass is 16.5. The Hall–Kier alpha value is -2.04. The Bertz CT molecular complexity index is 557. The van der Waals surface area contributed by atoms with E-state index in [1.54, 1.807) is 29.2 Å².